The normalized spacial score (nSPS) is 11.5. The summed E-state index contributed by atoms with van der Waals surface area (Å²) >= 11 is 1.79. The minimum atomic E-state index is 0.227. The number of rotatable bonds is 7. The largest absolute Gasteiger partial charge is 0.497 e. The Kier molecular flexibility index (Phi) is 27.7. The van der Waals surface area contributed by atoms with Crippen molar-refractivity contribution in [2.24, 2.45) is 0 Å². The quantitative estimate of drug-likeness (QED) is 0.149. The Bertz CT molecular complexity index is 2160. The van der Waals surface area contributed by atoms with Crippen LogP contribution >= 0.6 is 11.8 Å². The van der Waals surface area contributed by atoms with Crippen molar-refractivity contribution in [3.05, 3.63) is 190 Å². The summed E-state index contributed by atoms with van der Waals surface area (Å²) in [4.78, 5) is 3.45. The van der Waals surface area contributed by atoms with E-state index in [1.54, 1.807) is 18.9 Å². The smallest absolute Gasteiger partial charge is 0.119 e. The van der Waals surface area contributed by atoms with Gasteiger partial charge < -0.3 is 14.4 Å². The topological polar surface area (TPSA) is 21.7 Å². The predicted octanol–water partition coefficient (Wildman–Crippen LogP) is 20.2. The number of hydrogen-bond donors (Lipinski definition) is 0. The zero-order chi connectivity index (χ0) is 56.7. The van der Waals surface area contributed by atoms with Gasteiger partial charge in [0.25, 0.3) is 0 Å². The molecule has 0 fully saturated rings. The Morgan fingerprint density at radius 2 is 0.595 bits per heavy atom. The molecule has 0 aromatic heterocycles. The first-order valence-corrected chi connectivity index (χ1v) is 28.3. The SMILES string of the molecule is CCOc1ccc(C(C)(C)C)cc1.CCc1ccc(C(C)(C)C)cc1.CCc1ccc(C(C)(C)C)cc1.CN(C)c1ccc(C(C)(C)C)cc1.COc1ccc(C(C)(C)C)cc1.CSc1ccc(C(C)(C)C)cc1. The minimum Gasteiger partial charge on any atom is -0.497 e. The number of ether oxygens (including phenoxy) is 2. The third-order valence-electron chi connectivity index (χ3n) is 12.6. The summed E-state index contributed by atoms with van der Waals surface area (Å²) in [5, 5.41) is 0. The standard InChI is InChI=1S/C12H19N.C12H18O.2C12H18.C11H16O.C11H16S/c1-12(2,3)10-6-8-11(9-7-10)13(4)5;1-5-13-11-8-6-10(7-9-11)12(2,3)4;2*1-5-10-6-8-11(9-7-10)12(2,3)4;2*1-11(2,3)9-5-7-10(12-4)8-6-9/h6-9H,1-5H3;6-9H,5H2,1-4H3;2*6-9H,5H2,1-4H3;2*5-8H,1-4H3. The maximum Gasteiger partial charge on any atom is 0.119 e. The van der Waals surface area contributed by atoms with Crippen LogP contribution < -0.4 is 14.4 Å². The van der Waals surface area contributed by atoms with Gasteiger partial charge in [0.05, 0.1) is 13.7 Å². The average molecular weight is 1020 g/mol. The number of methoxy groups -OCH3 is 1. The van der Waals surface area contributed by atoms with E-state index in [0.29, 0.717) is 0 Å². The minimum absolute atomic E-state index is 0.227. The molecule has 0 heterocycles. The predicted molar refractivity (Wildman–Crippen MR) is 333 cm³/mol. The van der Waals surface area contributed by atoms with Gasteiger partial charge in [-0.25, -0.2) is 0 Å². The molecule has 0 aliphatic heterocycles. The van der Waals surface area contributed by atoms with Gasteiger partial charge in [0, 0.05) is 24.7 Å². The van der Waals surface area contributed by atoms with Gasteiger partial charge >= 0.3 is 0 Å². The lowest BCUT2D eigenvalue weighted by molar-refractivity contribution is 0.340. The molecule has 0 atom stereocenters. The van der Waals surface area contributed by atoms with Gasteiger partial charge in [0.2, 0.25) is 0 Å². The second kappa shape index (κ2) is 30.6. The lowest BCUT2D eigenvalue weighted by Crippen LogP contribution is -2.12. The van der Waals surface area contributed by atoms with E-state index in [1.807, 2.05) is 31.2 Å². The Hall–Kier alpha value is -4.93. The van der Waals surface area contributed by atoms with Crippen molar-refractivity contribution in [3.63, 3.8) is 0 Å². The van der Waals surface area contributed by atoms with E-state index in [0.717, 1.165) is 30.9 Å². The van der Waals surface area contributed by atoms with Crippen LogP contribution in [0.5, 0.6) is 11.5 Å². The van der Waals surface area contributed by atoms with Crippen LogP contribution in [0.2, 0.25) is 0 Å². The fourth-order valence-corrected chi connectivity index (χ4v) is 7.55. The van der Waals surface area contributed by atoms with E-state index in [4.69, 9.17) is 9.47 Å². The van der Waals surface area contributed by atoms with Gasteiger partial charge in [0.1, 0.15) is 11.5 Å². The number of benzene rings is 6. The number of nitrogens with zero attached hydrogens (tertiary/aromatic N) is 1. The Morgan fingerprint density at radius 3 is 0.811 bits per heavy atom. The third kappa shape index (κ3) is 26.0. The zero-order valence-corrected chi connectivity index (χ0v) is 52.5. The van der Waals surface area contributed by atoms with Gasteiger partial charge in [-0.3, -0.25) is 0 Å². The monoisotopic (exact) mass is 1020 g/mol. The van der Waals surface area contributed by atoms with Crippen molar-refractivity contribution in [2.75, 3.05) is 39.0 Å². The van der Waals surface area contributed by atoms with Crippen LogP contribution in [0.15, 0.2) is 150 Å². The van der Waals surface area contributed by atoms with E-state index >= 15 is 0 Å². The van der Waals surface area contributed by atoms with E-state index in [2.05, 4.69) is 285 Å². The maximum atomic E-state index is 5.37. The van der Waals surface area contributed by atoms with Gasteiger partial charge in [0.15, 0.2) is 0 Å². The molecule has 6 aromatic rings. The van der Waals surface area contributed by atoms with Crippen LogP contribution in [0.1, 0.15) is 190 Å². The first kappa shape index (κ1) is 67.1. The molecule has 74 heavy (non-hydrogen) atoms. The van der Waals surface area contributed by atoms with Crippen LogP contribution in [0.4, 0.5) is 5.69 Å². The number of anilines is 1. The molecule has 408 valence electrons. The first-order chi connectivity index (χ1) is 34.1. The molecular formula is C70H105NO2S. The molecule has 6 rings (SSSR count). The summed E-state index contributed by atoms with van der Waals surface area (Å²) in [6, 6.07) is 51.9. The van der Waals surface area contributed by atoms with E-state index in [1.165, 1.54) is 55.1 Å². The lowest BCUT2D eigenvalue weighted by Gasteiger charge is -2.20. The highest BCUT2D eigenvalue weighted by molar-refractivity contribution is 7.98. The lowest BCUT2D eigenvalue weighted by atomic mass is 9.86. The number of thioether (sulfide) groups is 1. The first-order valence-electron chi connectivity index (χ1n) is 27.1. The molecule has 0 radical (unpaired) electrons. The van der Waals surface area contributed by atoms with Crippen molar-refractivity contribution in [1.29, 1.82) is 0 Å². The van der Waals surface area contributed by atoms with Crippen LogP contribution in [0.3, 0.4) is 0 Å². The molecule has 3 nitrogen and oxygen atoms in total. The van der Waals surface area contributed by atoms with Crippen molar-refractivity contribution < 1.29 is 9.47 Å². The second-order valence-corrected chi connectivity index (χ2v) is 26.3. The molecule has 6 aromatic carbocycles. The molecule has 0 aliphatic carbocycles. The number of hydrogen-bond acceptors (Lipinski definition) is 4. The summed E-state index contributed by atoms with van der Waals surface area (Å²) in [6.07, 6.45) is 4.36. The molecule has 0 saturated heterocycles. The fourth-order valence-electron chi connectivity index (χ4n) is 7.14. The Balaban J connectivity index is 0.000000444. The Morgan fingerprint density at radius 1 is 0.351 bits per heavy atom. The van der Waals surface area contributed by atoms with Crippen molar-refractivity contribution in [1.82, 2.24) is 0 Å². The maximum absolute atomic E-state index is 5.37. The highest BCUT2D eigenvalue weighted by Crippen LogP contribution is 2.28. The van der Waals surface area contributed by atoms with Crippen molar-refractivity contribution >= 4 is 17.4 Å². The van der Waals surface area contributed by atoms with Crippen LogP contribution in [-0.4, -0.2) is 34.1 Å². The van der Waals surface area contributed by atoms with Gasteiger partial charge in [-0.1, -0.05) is 236 Å². The average Bonchev–Trinajstić information content (AvgIpc) is 3.34. The van der Waals surface area contributed by atoms with Crippen LogP contribution in [-0.2, 0) is 45.3 Å². The molecule has 0 N–H and O–H groups in total. The highest BCUT2D eigenvalue weighted by Gasteiger charge is 2.16. The molecule has 0 aliphatic rings. The highest BCUT2D eigenvalue weighted by atomic mass is 32.2. The van der Waals surface area contributed by atoms with Gasteiger partial charge in [-0.2, -0.15) is 0 Å². The summed E-state index contributed by atoms with van der Waals surface area (Å²) in [5.74, 6) is 1.87. The van der Waals surface area contributed by atoms with E-state index < -0.39 is 0 Å². The molecule has 0 saturated carbocycles. The molecular weight excluding hydrogens is 919 g/mol. The van der Waals surface area contributed by atoms with Crippen LogP contribution in [0, 0.1) is 0 Å². The summed E-state index contributed by atoms with van der Waals surface area (Å²) < 4.78 is 10.5. The van der Waals surface area contributed by atoms with Crippen LogP contribution in [0.25, 0.3) is 0 Å². The fraction of sp³-hybridized carbons (Fsp3) is 0.486. The summed E-state index contributed by atoms with van der Waals surface area (Å²) in [7, 11) is 5.81. The third-order valence-corrected chi connectivity index (χ3v) is 13.4. The summed E-state index contributed by atoms with van der Waals surface area (Å²) in [5.41, 5.74) is 14.0. The molecule has 0 unspecified atom stereocenters. The Labute approximate surface area is 460 Å². The number of aryl methyl sites for hydroxylation is 2. The molecule has 0 spiro atoms. The molecule has 4 heteroatoms. The van der Waals surface area contributed by atoms with Gasteiger partial charge in [-0.05, 0) is 152 Å². The summed E-state index contributed by atoms with van der Waals surface area (Å²) in [6.45, 7) is 47.2. The van der Waals surface area contributed by atoms with E-state index in [-0.39, 0.29) is 32.5 Å². The zero-order valence-electron chi connectivity index (χ0n) is 51.6. The second-order valence-electron chi connectivity index (χ2n) is 25.5. The molecule has 0 bridgehead atoms. The van der Waals surface area contributed by atoms with Crippen molar-refractivity contribution in [2.45, 2.75) is 196 Å². The molecule has 0 amide bonds. The van der Waals surface area contributed by atoms with Gasteiger partial charge in [-0.15, -0.1) is 11.8 Å². The van der Waals surface area contributed by atoms with E-state index in [9.17, 15) is 0 Å². The van der Waals surface area contributed by atoms with Crippen molar-refractivity contribution in [3.8, 4) is 11.5 Å².